The number of thiol groups is 1. The zero-order valence-electron chi connectivity index (χ0n) is 14.8. The van der Waals surface area contributed by atoms with Gasteiger partial charge in [0.05, 0.1) is 21.8 Å². The van der Waals surface area contributed by atoms with Gasteiger partial charge in [-0.2, -0.15) is 0 Å². The predicted octanol–water partition coefficient (Wildman–Crippen LogP) is 4.36. The van der Waals surface area contributed by atoms with Gasteiger partial charge in [0.15, 0.2) is 11.5 Å². The lowest BCUT2D eigenvalue weighted by Gasteiger charge is -2.15. The maximum atomic E-state index is 11.9. The van der Waals surface area contributed by atoms with Crippen LogP contribution in [0.25, 0.3) is 11.2 Å². The molecule has 2 aromatic heterocycles. The van der Waals surface area contributed by atoms with Crippen LogP contribution in [0.1, 0.15) is 6.92 Å². The monoisotopic (exact) mass is 453 g/mol. The Hall–Kier alpha value is -2.89. The molecule has 3 rings (SSSR count). The molecule has 0 aliphatic rings. The maximum absolute atomic E-state index is 11.9. The second kappa shape index (κ2) is 8.64. The van der Waals surface area contributed by atoms with E-state index in [0.717, 1.165) is 10.4 Å². The number of pyridine rings is 1. The summed E-state index contributed by atoms with van der Waals surface area (Å²) in [4.78, 5) is 35.1. The highest BCUT2D eigenvalue weighted by molar-refractivity contribution is 7.82. The van der Waals surface area contributed by atoms with Gasteiger partial charge in [0, 0.05) is 12.6 Å². The van der Waals surface area contributed by atoms with Gasteiger partial charge in [0.1, 0.15) is 16.4 Å². The Morgan fingerprint density at radius 3 is 2.72 bits per heavy atom. The Balaban J connectivity index is 1.92. The standard InChI is InChI=1S/C16H13Cl2N7O3S/c1-2-19-16(26)24(29)14-4-3-10-15(23-14)22-13(7-20-10)21-11-5-9(18)12(25(27)28)6-8(11)17/h3-7,29H,2H2,1H3,(H,19,26)(H,21,22,23). The first-order valence-electron chi connectivity index (χ1n) is 8.11. The van der Waals surface area contributed by atoms with E-state index < -0.39 is 11.0 Å². The molecule has 13 heteroatoms. The van der Waals surface area contributed by atoms with E-state index in [9.17, 15) is 14.9 Å². The number of hydrogen-bond donors (Lipinski definition) is 3. The highest BCUT2D eigenvalue weighted by Crippen LogP contribution is 2.35. The molecule has 0 saturated carbocycles. The highest BCUT2D eigenvalue weighted by Gasteiger charge is 2.17. The molecule has 0 aliphatic carbocycles. The van der Waals surface area contributed by atoms with Crippen molar-refractivity contribution < 1.29 is 9.72 Å². The minimum atomic E-state index is -0.628. The van der Waals surface area contributed by atoms with E-state index in [-0.39, 0.29) is 33.0 Å². The molecule has 0 saturated heterocycles. The van der Waals surface area contributed by atoms with Gasteiger partial charge < -0.3 is 10.6 Å². The molecule has 29 heavy (non-hydrogen) atoms. The topological polar surface area (TPSA) is 126 Å². The smallest absolute Gasteiger partial charge is 0.333 e. The van der Waals surface area contributed by atoms with Gasteiger partial charge in [-0.1, -0.05) is 36.0 Å². The maximum Gasteiger partial charge on any atom is 0.333 e. The number of rotatable bonds is 5. The molecule has 2 amide bonds. The van der Waals surface area contributed by atoms with Crippen LogP contribution in [0.2, 0.25) is 10.0 Å². The van der Waals surface area contributed by atoms with E-state index in [2.05, 4.69) is 38.4 Å². The minimum absolute atomic E-state index is 0.0799. The van der Waals surface area contributed by atoms with E-state index in [1.54, 1.807) is 19.1 Å². The van der Waals surface area contributed by atoms with Crippen LogP contribution in [-0.2, 0) is 0 Å². The number of halogens is 2. The van der Waals surface area contributed by atoms with Gasteiger partial charge in [-0.25, -0.2) is 24.1 Å². The first-order chi connectivity index (χ1) is 13.8. The fraction of sp³-hybridized carbons (Fsp3) is 0.125. The number of aromatic nitrogens is 3. The quantitative estimate of drug-likeness (QED) is 0.297. The lowest BCUT2D eigenvalue weighted by atomic mass is 10.2. The Bertz CT molecular complexity index is 1120. The Morgan fingerprint density at radius 2 is 2.03 bits per heavy atom. The molecule has 150 valence electrons. The number of hydrogen-bond acceptors (Lipinski definition) is 8. The van der Waals surface area contributed by atoms with E-state index in [1.165, 1.54) is 12.3 Å². The number of anilines is 3. The Kier molecular flexibility index (Phi) is 6.20. The van der Waals surface area contributed by atoms with Crippen LogP contribution in [0.5, 0.6) is 0 Å². The van der Waals surface area contributed by atoms with Crippen molar-refractivity contribution >= 4 is 76.2 Å². The molecule has 0 unspecified atom stereocenters. The normalized spacial score (nSPS) is 10.6. The van der Waals surface area contributed by atoms with Crippen LogP contribution in [0.4, 0.5) is 27.8 Å². The number of nitro groups is 1. The van der Waals surface area contributed by atoms with Gasteiger partial charge in [-0.15, -0.1) is 0 Å². The number of nitrogens with zero attached hydrogens (tertiary/aromatic N) is 5. The molecular weight excluding hydrogens is 441 g/mol. The van der Waals surface area contributed by atoms with Gasteiger partial charge in [-0.05, 0) is 25.1 Å². The molecule has 0 radical (unpaired) electrons. The molecule has 2 heterocycles. The molecule has 10 nitrogen and oxygen atoms in total. The molecule has 0 aliphatic heterocycles. The molecule has 0 spiro atoms. The van der Waals surface area contributed by atoms with Crippen molar-refractivity contribution in [2.75, 3.05) is 16.2 Å². The van der Waals surface area contributed by atoms with E-state index >= 15 is 0 Å². The second-order valence-corrected chi connectivity index (χ2v) is 6.79. The average molecular weight is 454 g/mol. The zero-order valence-corrected chi connectivity index (χ0v) is 17.2. The van der Waals surface area contributed by atoms with Crippen molar-refractivity contribution in [1.29, 1.82) is 0 Å². The molecule has 3 aromatic rings. The predicted molar refractivity (Wildman–Crippen MR) is 114 cm³/mol. The van der Waals surface area contributed by atoms with Crippen LogP contribution in [-0.4, -0.2) is 32.5 Å². The number of benzene rings is 1. The summed E-state index contributed by atoms with van der Waals surface area (Å²) in [5, 5.41) is 16.4. The number of carbonyl (C=O) groups is 1. The summed E-state index contributed by atoms with van der Waals surface area (Å²) in [5.41, 5.74) is 0.743. The summed E-state index contributed by atoms with van der Waals surface area (Å²) in [6, 6.07) is 5.26. The third-order valence-corrected chi connectivity index (χ3v) is 4.63. The number of fused-ring (bicyclic) bond motifs is 1. The summed E-state index contributed by atoms with van der Waals surface area (Å²) >= 11 is 16.2. The number of nitrogens with one attached hydrogen (secondary N) is 2. The summed E-state index contributed by atoms with van der Waals surface area (Å²) in [6.07, 6.45) is 1.44. The zero-order chi connectivity index (χ0) is 21.1. The summed E-state index contributed by atoms with van der Waals surface area (Å²) in [7, 11) is 0. The molecule has 0 bridgehead atoms. The van der Waals surface area contributed by atoms with Crippen LogP contribution in [0, 0.1) is 10.1 Å². The van der Waals surface area contributed by atoms with Crippen LogP contribution in [0.3, 0.4) is 0 Å². The van der Waals surface area contributed by atoms with Gasteiger partial charge >= 0.3 is 6.03 Å². The minimum Gasteiger partial charge on any atom is -0.338 e. The second-order valence-electron chi connectivity index (χ2n) is 5.58. The molecule has 0 atom stereocenters. The van der Waals surface area contributed by atoms with Gasteiger partial charge in [0.25, 0.3) is 5.69 Å². The third-order valence-electron chi connectivity index (χ3n) is 3.63. The largest absolute Gasteiger partial charge is 0.338 e. The number of urea groups is 1. The van der Waals surface area contributed by atoms with Gasteiger partial charge in [-0.3, -0.25) is 10.1 Å². The van der Waals surface area contributed by atoms with E-state index in [1.807, 2.05) is 0 Å². The average Bonchev–Trinajstić information content (AvgIpc) is 2.69. The van der Waals surface area contributed by atoms with Crippen molar-refractivity contribution in [2.24, 2.45) is 0 Å². The van der Waals surface area contributed by atoms with Crippen molar-refractivity contribution in [3.63, 3.8) is 0 Å². The van der Waals surface area contributed by atoms with Crippen LogP contribution >= 0.6 is 36.0 Å². The first-order valence-corrected chi connectivity index (χ1v) is 9.26. The fourth-order valence-corrected chi connectivity index (χ4v) is 2.93. The molecule has 2 N–H and O–H groups in total. The van der Waals surface area contributed by atoms with Crippen molar-refractivity contribution in [2.45, 2.75) is 6.92 Å². The number of carbonyl (C=O) groups excluding carboxylic acids is 1. The lowest BCUT2D eigenvalue weighted by Crippen LogP contribution is -2.34. The lowest BCUT2D eigenvalue weighted by molar-refractivity contribution is -0.384. The molecule has 1 aromatic carbocycles. The fourth-order valence-electron chi connectivity index (χ4n) is 2.31. The molecular formula is C16H13Cl2N7O3S. The highest BCUT2D eigenvalue weighted by atomic mass is 35.5. The van der Waals surface area contributed by atoms with E-state index in [0.29, 0.717) is 17.7 Å². The molecule has 0 fully saturated rings. The van der Waals surface area contributed by atoms with Crippen molar-refractivity contribution in [3.8, 4) is 0 Å². The summed E-state index contributed by atoms with van der Waals surface area (Å²) < 4.78 is 1.05. The first kappa shape index (κ1) is 20.8. The van der Waals surface area contributed by atoms with E-state index in [4.69, 9.17) is 23.2 Å². The number of amides is 2. The van der Waals surface area contributed by atoms with Crippen LogP contribution < -0.4 is 14.9 Å². The third kappa shape index (κ3) is 4.58. The Labute approximate surface area is 179 Å². The summed E-state index contributed by atoms with van der Waals surface area (Å²) in [6.45, 7) is 2.22. The van der Waals surface area contributed by atoms with Crippen molar-refractivity contribution in [1.82, 2.24) is 20.3 Å². The van der Waals surface area contributed by atoms with Crippen molar-refractivity contribution in [3.05, 3.63) is 50.6 Å². The Morgan fingerprint density at radius 1 is 1.28 bits per heavy atom. The SMILES string of the molecule is CCNC(=O)N(S)c1ccc2ncc(Nc3cc(Cl)c([N+](=O)[O-])cc3Cl)nc2n1. The summed E-state index contributed by atoms with van der Waals surface area (Å²) in [5.74, 6) is 0.535. The van der Waals surface area contributed by atoms with Gasteiger partial charge in [0.2, 0.25) is 0 Å². The van der Waals surface area contributed by atoms with Crippen LogP contribution in [0.15, 0.2) is 30.5 Å². The number of nitro benzene ring substituents is 1.